The second kappa shape index (κ2) is 9.13. The van der Waals surface area contributed by atoms with Crippen LogP contribution in [0.1, 0.15) is 30.9 Å². The lowest BCUT2D eigenvalue weighted by Crippen LogP contribution is -2.19. The number of nitrogens with one attached hydrogen (secondary N) is 1. The van der Waals surface area contributed by atoms with Crippen LogP contribution < -0.4 is 9.50 Å². The molecule has 0 saturated carbocycles. The van der Waals surface area contributed by atoms with Crippen molar-refractivity contribution in [2.45, 2.75) is 24.7 Å². The first kappa shape index (κ1) is 22.0. The van der Waals surface area contributed by atoms with E-state index in [4.69, 9.17) is 4.18 Å². The Morgan fingerprint density at radius 1 is 1.06 bits per heavy atom. The van der Waals surface area contributed by atoms with Gasteiger partial charge in [-0.15, -0.1) is 5.10 Å². The number of amides is 1. The fourth-order valence-electron chi connectivity index (χ4n) is 3.19. The number of benzene rings is 3. The van der Waals surface area contributed by atoms with Gasteiger partial charge in [-0.2, -0.15) is 13.5 Å². The first-order valence-corrected chi connectivity index (χ1v) is 12.3. The van der Waals surface area contributed by atoms with Crippen molar-refractivity contribution in [3.05, 3.63) is 71.8 Å². The van der Waals surface area contributed by atoms with Crippen LogP contribution in [-0.2, 0) is 14.9 Å². The summed E-state index contributed by atoms with van der Waals surface area (Å²) < 4.78 is 31.4. The monoisotopic (exact) mass is 467 g/mol. The Morgan fingerprint density at radius 2 is 1.81 bits per heavy atom. The van der Waals surface area contributed by atoms with Crippen LogP contribution in [0.5, 0.6) is 5.75 Å². The zero-order chi connectivity index (χ0) is 22.7. The quantitative estimate of drug-likeness (QED) is 0.331. The molecular weight excluding hydrogens is 446 g/mol. The lowest BCUT2D eigenvalue weighted by Gasteiger charge is -2.12. The molecule has 1 aliphatic heterocycles. The van der Waals surface area contributed by atoms with E-state index >= 15 is 0 Å². The van der Waals surface area contributed by atoms with E-state index in [9.17, 15) is 13.2 Å². The van der Waals surface area contributed by atoms with Crippen molar-refractivity contribution < 1.29 is 17.4 Å². The number of carbonyl (C=O) groups excluding carboxylic acids is 1. The van der Waals surface area contributed by atoms with Crippen molar-refractivity contribution in [1.82, 2.24) is 5.32 Å². The van der Waals surface area contributed by atoms with Gasteiger partial charge in [0.2, 0.25) is 5.91 Å². The summed E-state index contributed by atoms with van der Waals surface area (Å²) in [4.78, 5) is 11.4. The van der Waals surface area contributed by atoms with Gasteiger partial charge in [-0.1, -0.05) is 68.1 Å². The smallest absolute Gasteiger partial charge is 0.339 e. The molecule has 7 nitrogen and oxygen atoms in total. The molecule has 1 N–H and O–H groups in total. The number of nitrogens with zero attached hydrogens (tertiary/aromatic N) is 2. The van der Waals surface area contributed by atoms with Crippen LogP contribution in [0.4, 0.5) is 0 Å². The molecule has 9 heteroatoms. The number of hydrogen-bond donors (Lipinski definition) is 1. The topological polar surface area (TPSA) is 97.2 Å². The van der Waals surface area contributed by atoms with E-state index in [2.05, 4.69) is 15.5 Å². The summed E-state index contributed by atoms with van der Waals surface area (Å²) in [5.41, 5.74) is 1.52. The van der Waals surface area contributed by atoms with Gasteiger partial charge in [0.1, 0.15) is 4.90 Å². The minimum absolute atomic E-state index is 0.0725. The van der Waals surface area contributed by atoms with Crippen molar-refractivity contribution in [1.29, 1.82) is 0 Å². The summed E-state index contributed by atoms with van der Waals surface area (Å²) in [6.07, 6.45) is 1.44. The van der Waals surface area contributed by atoms with Crippen LogP contribution >= 0.6 is 11.8 Å². The van der Waals surface area contributed by atoms with Gasteiger partial charge in [-0.05, 0) is 40.5 Å². The maximum absolute atomic E-state index is 12.9. The number of rotatable bonds is 6. The summed E-state index contributed by atoms with van der Waals surface area (Å²) in [6.45, 7) is 4.08. The van der Waals surface area contributed by atoms with Crippen LogP contribution in [0, 0.1) is 0 Å². The molecule has 0 aromatic heterocycles. The third-order valence-electron chi connectivity index (χ3n) is 4.89. The molecule has 4 rings (SSSR count). The number of hydrogen-bond acceptors (Lipinski definition) is 7. The fourth-order valence-corrected chi connectivity index (χ4v) is 4.76. The highest BCUT2D eigenvalue weighted by Crippen LogP contribution is 2.29. The average molecular weight is 468 g/mol. The van der Waals surface area contributed by atoms with Crippen molar-refractivity contribution in [3.8, 4) is 5.75 Å². The number of thioether (sulfide) groups is 1. The molecule has 0 aliphatic carbocycles. The molecule has 3 aromatic rings. The van der Waals surface area contributed by atoms with E-state index in [1.54, 1.807) is 36.4 Å². The third kappa shape index (κ3) is 4.84. The second-order valence-corrected chi connectivity index (χ2v) is 9.96. The summed E-state index contributed by atoms with van der Waals surface area (Å²) in [7, 11) is -4.05. The van der Waals surface area contributed by atoms with E-state index in [0.29, 0.717) is 22.4 Å². The van der Waals surface area contributed by atoms with Crippen LogP contribution in [-0.4, -0.2) is 31.5 Å². The normalized spacial score (nSPS) is 15.7. The first-order valence-electron chi connectivity index (χ1n) is 9.93. The Labute approximate surface area is 190 Å². The Bertz CT molecular complexity index is 1330. The minimum atomic E-state index is -4.05. The molecule has 1 heterocycles. The first-order chi connectivity index (χ1) is 15.3. The lowest BCUT2D eigenvalue weighted by atomic mass is 10.0. The Balaban J connectivity index is 1.70. The highest BCUT2D eigenvalue weighted by Gasteiger charge is 2.20. The summed E-state index contributed by atoms with van der Waals surface area (Å²) >= 11 is 1.25. The van der Waals surface area contributed by atoms with E-state index in [0.717, 1.165) is 16.3 Å². The Hall–Kier alpha value is -3.17. The summed E-state index contributed by atoms with van der Waals surface area (Å²) in [6, 6.07) is 17.6. The summed E-state index contributed by atoms with van der Waals surface area (Å²) in [5.74, 6) is 0.599. The van der Waals surface area contributed by atoms with Gasteiger partial charge in [0.05, 0.1) is 12.0 Å². The molecule has 1 saturated heterocycles. The molecule has 3 aromatic carbocycles. The van der Waals surface area contributed by atoms with E-state index in [1.807, 2.05) is 38.1 Å². The molecular formula is C23H21N3O4S2. The van der Waals surface area contributed by atoms with Gasteiger partial charge in [0.15, 0.2) is 10.9 Å². The Morgan fingerprint density at radius 3 is 2.50 bits per heavy atom. The molecule has 1 fully saturated rings. The highest BCUT2D eigenvalue weighted by atomic mass is 32.2. The van der Waals surface area contributed by atoms with Crippen molar-refractivity contribution in [3.63, 3.8) is 0 Å². The maximum atomic E-state index is 12.9. The van der Waals surface area contributed by atoms with Gasteiger partial charge in [-0.25, -0.2) is 0 Å². The predicted molar refractivity (Wildman–Crippen MR) is 128 cm³/mol. The van der Waals surface area contributed by atoms with E-state index in [1.165, 1.54) is 18.0 Å². The standard InChI is InChI=1S/C23H21N3O4S2/c1-15(2)16-7-10-18(11-8-16)32(28,29)30-21-12-9-17-5-3-4-6-19(17)20(21)13-24-26-23-25-22(27)14-31-23/h3-13,15H,14H2,1-2H3,(H,25,26,27). The van der Waals surface area contributed by atoms with Crippen LogP contribution in [0.25, 0.3) is 10.8 Å². The van der Waals surface area contributed by atoms with Crippen LogP contribution in [0.15, 0.2) is 75.8 Å². The molecule has 1 aliphatic rings. The zero-order valence-electron chi connectivity index (χ0n) is 17.5. The van der Waals surface area contributed by atoms with E-state index in [-0.39, 0.29) is 16.6 Å². The molecule has 0 bridgehead atoms. The van der Waals surface area contributed by atoms with Crippen molar-refractivity contribution >= 4 is 49.9 Å². The molecule has 0 spiro atoms. The minimum Gasteiger partial charge on any atom is -0.378 e. The molecule has 0 unspecified atom stereocenters. The Kier molecular flexibility index (Phi) is 6.29. The molecule has 1 amide bonds. The van der Waals surface area contributed by atoms with Crippen molar-refractivity contribution in [2.75, 3.05) is 5.75 Å². The van der Waals surface area contributed by atoms with Crippen LogP contribution in [0.3, 0.4) is 0 Å². The van der Waals surface area contributed by atoms with Crippen LogP contribution in [0.2, 0.25) is 0 Å². The maximum Gasteiger partial charge on any atom is 0.339 e. The largest absolute Gasteiger partial charge is 0.378 e. The lowest BCUT2D eigenvalue weighted by molar-refractivity contribution is -0.116. The zero-order valence-corrected chi connectivity index (χ0v) is 19.1. The number of carbonyl (C=O) groups is 1. The average Bonchev–Trinajstić information content (AvgIpc) is 3.20. The SMILES string of the molecule is CC(C)c1ccc(S(=O)(=O)Oc2ccc3ccccc3c2C=NN=C2NC(=O)CS2)cc1. The van der Waals surface area contributed by atoms with Gasteiger partial charge >= 0.3 is 10.1 Å². The third-order valence-corrected chi connectivity index (χ3v) is 7.00. The van der Waals surface area contributed by atoms with Gasteiger partial charge < -0.3 is 9.50 Å². The predicted octanol–water partition coefficient (Wildman–Crippen LogP) is 4.28. The molecule has 0 atom stereocenters. The number of amidine groups is 1. The second-order valence-electron chi connectivity index (χ2n) is 7.45. The fraction of sp³-hybridized carbons (Fsp3) is 0.174. The highest BCUT2D eigenvalue weighted by molar-refractivity contribution is 8.15. The van der Waals surface area contributed by atoms with Gasteiger partial charge in [0, 0.05) is 5.56 Å². The number of fused-ring (bicyclic) bond motifs is 1. The van der Waals surface area contributed by atoms with Crippen molar-refractivity contribution in [2.24, 2.45) is 10.2 Å². The van der Waals surface area contributed by atoms with Gasteiger partial charge in [-0.3, -0.25) is 4.79 Å². The molecule has 32 heavy (non-hydrogen) atoms. The molecule has 164 valence electrons. The molecule has 0 radical (unpaired) electrons. The van der Waals surface area contributed by atoms with E-state index < -0.39 is 10.1 Å². The summed E-state index contributed by atoms with van der Waals surface area (Å²) in [5, 5.41) is 12.7. The van der Waals surface area contributed by atoms with Gasteiger partial charge in [0.25, 0.3) is 0 Å².